The Labute approximate surface area is 177 Å². The zero-order valence-electron chi connectivity index (χ0n) is 15.9. The summed E-state index contributed by atoms with van der Waals surface area (Å²) in [5.41, 5.74) is 1.84. The molecule has 0 saturated carbocycles. The highest BCUT2D eigenvalue weighted by Gasteiger charge is 2.14. The molecule has 0 aliphatic carbocycles. The van der Waals surface area contributed by atoms with Crippen LogP contribution in [0.1, 0.15) is 28.9 Å². The van der Waals surface area contributed by atoms with Crippen LogP contribution in [0.25, 0.3) is 0 Å². The van der Waals surface area contributed by atoms with Gasteiger partial charge in [0.15, 0.2) is 5.16 Å². The highest BCUT2D eigenvalue weighted by atomic mass is 35.5. The van der Waals surface area contributed by atoms with Crippen LogP contribution in [0.5, 0.6) is 0 Å². The molecule has 2 N–H and O–H groups in total. The average Bonchev–Trinajstić information content (AvgIpc) is 3.11. The lowest BCUT2D eigenvalue weighted by Gasteiger charge is -2.16. The minimum atomic E-state index is -0.253. The Morgan fingerprint density at radius 3 is 2.72 bits per heavy atom. The fourth-order valence-corrected chi connectivity index (χ4v) is 3.64. The number of hydrogen-bond acceptors (Lipinski definition) is 5. The number of hydrogen-bond donors (Lipinski definition) is 2. The number of carbonyl (C=O) groups excluding carboxylic acids is 2. The monoisotopic (exact) mass is 429 g/mol. The van der Waals surface area contributed by atoms with Crippen LogP contribution < -0.4 is 10.6 Å². The number of amides is 2. The molecular weight excluding hydrogens is 410 g/mol. The maximum atomic E-state index is 12.6. The molecule has 3 aromatic rings. The van der Waals surface area contributed by atoms with E-state index in [1.54, 1.807) is 41.2 Å². The van der Waals surface area contributed by atoms with Gasteiger partial charge in [0.05, 0.1) is 11.8 Å². The number of nitrogens with zero attached hydrogens (tertiary/aromatic N) is 3. The molecule has 1 unspecified atom stereocenters. The van der Waals surface area contributed by atoms with Crippen LogP contribution in [0.15, 0.2) is 60.0 Å². The van der Waals surface area contributed by atoms with Gasteiger partial charge in [-0.2, -0.15) is 0 Å². The van der Waals surface area contributed by atoms with Crippen LogP contribution in [0, 0.1) is 0 Å². The van der Waals surface area contributed by atoms with Gasteiger partial charge in [-0.05, 0) is 36.8 Å². The molecule has 0 aliphatic rings. The maximum absolute atomic E-state index is 12.6. The molecule has 0 radical (unpaired) electrons. The molecule has 0 spiro atoms. The third-order valence-electron chi connectivity index (χ3n) is 4.13. The van der Waals surface area contributed by atoms with Gasteiger partial charge in [-0.15, -0.1) is 10.2 Å². The van der Waals surface area contributed by atoms with E-state index in [1.165, 1.54) is 11.8 Å². The molecule has 3 rings (SSSR count). The Bertz CT molecular complexity index is 1020. The zero-order chi connectivity index (χ0) is 20.8. The molecule has 9 heteroatoms. The third-order valence-corrected chi connectivity index (χ3v) is 5.51. The fourth-order valence-electron chi connectivity index (χ4n) is 2.65. The van der Waals surface area contributed by atoms with Gasteiger partial charge in [0.1, 0.15) is 6.33 Å². The van der Waals surface area contributed by atoms with Crippen LogP contribution in [-0.2, 0) is 11.8 Å². The summed E-state index contributed by atoms with van der Waals surface area (Å²) in [6.07, 6.45) is 1.58. The first kappa shape index (κ1) is 20.9. The summed E-state index contributed by atoms with van der Waals surface area (Å²) in [6.45, 7) is 1.87. The molecule has 0 bridgehead atoms. The van der Waals surface area contributed by atoms with Crippen molar-refractivity contribution in [3.63, 3.8) is 0 Å². The Morgan fingerprint density at radius 1 is 1.21 bits per heavy atom. The van der Waals surface area contributed by atoms with Crippen LogP contribution >= 0.6 is 23.4 Å². The van der Waals surface area contributed by atoms with E-state index in [2.05, 4.69) is 20.8 Å². The van der Waals surface area contributed by atoms with Crippen molar-refractivity contribution in [2.24, 2.45) is 7.05 Å². The summed E-state index contributed by atoms with van der Waals surface area (Å²) in [5.74, 6) is -0.256. The van der Waals surface area contributed by atoms with E-state index >= 15 is 0 Å². The van der Waals surface area contributed by atoms with Crippen molar-refractivity contribution in [1.82, 2.24) is 20.1 Å². The van der Waals surface area contributed by atoms with E-state index in [0.717, 1.165) is 5.56 Å². The Balaban J connectivity index is 1.59. The lowest BCUT2D eigenvalue weighted by Crippen LogP contribution is -2.27. The summed E-state index contributed by atoms with van der Waals surface area (Å²) >= 11 is 7.48. The van der Waals surface area contributed by atoms with E-state index in [9.17, 15) is 9.59 Å². The number of halogens is 1. The van der Waals surface area contributed by atoms with Gasteiger partial charge in [0.2, 0.25) is 5.91 Å². The van der Waals surface area contributed by atoms with E-state index in [-0.39, 0.29) is 23.6 Å². The lowest BCUT2D eigenvalue weighted by atomic mass is 10.1. The molecule has 0 fully saturated rings. The molecule has 1 heterocycles. The van der Waals surface area contributed by atoms with Gasteiger partial charge < -0.3 is 15.2 Å². The first-order valence-electron chi connectivity index (χ1n) is 8.86. The van der Waals surface area contributed by atoms with Gasteiger partial charge in [0.25, 0.3) is 5.91 Å². The van der Waals surface area contributed by atoms with E-state index < -0.39 is 0 Å². The molecule has 2 aromatic carbocycles. The number of aromatic nitrogens is 3. The number of aryl methyl sites for hydroxylation is 1. The summed E-state index contributed by atoms with van der Waals surface area (Å²) in [6, 6.07) is 13.9. The Kier molecular flexibility index (Phi) is 6.90. The highest BCUT2D eigenvalue weighted by molar-refractivity contribution is 7.99. The summed E-state index contributed by atoms with van der Waals surface area (Å²) < 4.78 is 1.74. The molecule has 7 nitrogen and oxygen atoms in total. The number of anilines is 1. The summed E-state index contributed by atoms with van der Waals surface area (Å²) in [4.78, 5) is 24.8. The number of thioether (sulfide) groups is 1. The Morgan fingerprint density at radius 2 is 2.00 bits per heavy atom. The van der Waals surface area contributed by atoms with E-state index in [4.69, 9.17) is 11.6 Å². The van der Waals surface area contributed by atoms with Crippen LogP contribution in [-0.4, -0.2) is 32.3 Å². The van der Waals surface area contributed by atoms with Gasteiger partial charge in [0, 0.05) is 23.3 Å². The predicted octanol–water partition coefficient (Wildman–Crippen LogP) is 3.69. The molecule has 1 aromatic heterocycles. The van der Waals surface area contributed by atoms with Crippen molar-refractivity contribution in [1.29, 1.82) is 0 Å². The minimum Gasteiger partial charge on any atom is -0.345 e. The number of nitrogens with one attached hydrogen (secondary N) is 2. The topological polar surface area (TPSA) is 88.9 Å². The quantitative estimate of drug-likeness (QED) is 0.559. The second-order valence-corrected chi connectivity index (χ2v) is 7.71. The van der Waals surface area contributed by atoms with E-state index in [1.807, 2.05) is 32.2 Å². The van der Waals surface area contributed by atoms with Crippen molar-refractivity contribution in [3.8, 4) is 0 Å². The second kappa shape index (κ2) is 9.58. The number of rotatable bonds is 7. The predicted molar refractivity (Wildman–Crippen MR) is 114 cm³/mol. The molecule has 0 saturated heterocycles. The molecule has 0 aliphatic heterocycles. The van der Waals surface area contributed by atoms with Crippen LogP contribution in [0.4, 0.5) is 5.69 Å². The van der Waals surface area contributed by atoms with Gasteiger partial charge in [-0.25, -0.2) is 0 Å². The molecule has 1 atom stereocenters. The zero-order valence-corrected chi connectivity index (χ0v) is 17.5. The van der Waals surface area contributed by atoms with Crippen molar-refractivity contribution < 1.29 is 9.59 Å². The SMILES string of the molecule is CC(NC(=O)c1cccc(NC(=O)CSc2nncn2C)c1)c1ccccc1Cl. The maximum Gasteiger partial charge on any atom is 0.251 e. The number of carbonyl (C=O) groups is 2. The molecule has 2 amide bonds. The molecule has 29 heavy (non-hydrogen) atoms. The smallest absolute Gasteiger partial charge is 0.251 e. The third kappa shape index (κ3) is 5.58. The molecule has 150 valence electrons. The van der Waals surface area contributed by atoms with Crippen molar-refractivity contribution in [2.75, 3.05) is 11.1 Å². The normalized spacial score (nSPS) is 11.7. The molecular formula is C20H20ClN5O2S. The first-order chi connectivity index (χ1) is 13.9. The van der Waals surface area contributed by atoms with Gasteiger partial charge in [-0.3, -0.25) is 9.59 Å². The van der Waals surface area contributed by atoms with Crippen molar-refractivity contribution >= 4 is 40.9 Å². The minimum absolute atomic E-state index is 0.187. The average molecular weight is 430 g/mol. The largest absolute Gasteiger partial charge is 0.345 e. The van der Waals surface area contributed by atoms with Gasteiger partial charge in [-0.1, -0.05) is 47.6 Å². The summed E-state index contributed by atoms with van der Waals surface area (Å²) in [7, 11) is 1.81. The van der Waals surface area contributed by atoms with Crippen LogP contribution in [0.2, 0.25) is 5.02 Å². The van der Waals surface area contributed by atoms with Crippen molar-refractivity contribution in [2.45, 2.75) is 18.1 Å². The van der Waals surface area contributed by atoms with Gasteiger partial charge >= 0.3 is 0 Å². The highest BCUT2D eigenvalue weighted by Crippen LogP contribution is 2.23. The van der Waals surface area contributed by atoms with Crippen molar-refractivity contribution in [3.05, 3.63) is 71.0 Å². The summed E-state index contributed by atoms with van der Waals surface area (Å²) in [5, 5.41) is 14.7. The van der Waals surface area contributed by atoms with Crippen LogP contribution in [0.3, 0.4) is 0 Å². The lowest BCUT2D eigenvalue weighted by molar-refractivity contribution is -0.113. The second-order valence-electron chi connectivity index (χ2n) is 6.36. The first-order valence-corrected chi connectivity index (χ1v) is 10.2. The Hall–Kier alpha value is -2.84. The number of benzene rings is 2. The van der Waals surface area contributed by atoms with E-state index in [0.29, 0.717) is 21.4 Å². The standard InChI is InChI=1S/C20H20ClN5O2S/c1-13(16-8-3-4-9-17(16)21)23-19(28)14-6-5-7-15(10-14)24-18(27)11-29-20-25-22-12-26(20)2/h3-10,12-13H,11H2,1-2H3,(H,23,28)(H,24,27). The fraction of sp³-hybridized carbons (Fsp3) is 0.200.